The van der Waals surface area contributed by atoms with Gasteiger partial charge in [0, 0.05) is 12.1 Å². The molecule has 0 atom stereocenters. The zero-order valence-corrected chi connectivity index (χ0v) is 19.9. The van der Waals surface area contributed by atoms with E-state index >= 15 is 0 Å². The van der Waals surface area contributed by atoms with Crippen LogP contribution in [0.15, 0.2) is 66.7 Å². The highest BCUT2D eigenvalue weighted by molar-refractivity contribution is 5.82. The second kappa shape index (κ2) is 10.6. The molecule has 0 radical (unpaired) electrons. The maximum Gasteiger partial charge on any atom is 0.269 e. The Balaban J connectivity index is 0.000000221. The van der Waals surface area contributed by atoms with E-state index in [1.54, 1.807) is 12.1 Å². The molecule has 0 aliphatic rings. The molecule has 0 N–H and O–H groups in total. The Morgan fingerprint density at radius 2 is 1.23 bits per heavy atom. The quantitative estimate of drug-likeness (QED) is 0.308. The van der Waals surface area contributed by atoms with Gasteiger partial charge in [-0.1, -0.05) is 96.1 Å². The fourth-order valence-electron chi connectivity index (χ4n) is 3.26. The summed E-state index contributed by atoms with van der Waals surface area (Å²) in [5, 5.41) is 13.3. The van der Waals surface area contributed by atoms with E-state index < -0.39 is 0 Å². The summed E-state index contributed by atoms with van der Waals surface area (Å²) in [6.45, 7) is 13.4. The van der Waals surface area contributed by atoms with Gasteiger partial charge in [-0.05, 0) is 58.4 Å². The molecule has 0 bridgehead atoms. The van der Waals surface area contributed by atoms with E-state index in [1.807, 2.05) is 6.07 Å². The average molecular weight is 420 g/mol. The summed E-state index contributed by atoms with van der Waals surface area (Å²) in [7, 11) is 0. The third kappa shape index (κ3) is 9.33. The number of nitrogens with zero attached hydrogens (tertiary/aromatic N) is 1. The molecule has 0 aromatic heterocycles. The van der Waals surface area contributed by atoms with E-state index in [-0.39, 0.29) is 16.0 Å². The van der Waals surface area contributed by atoms with Crippen LogP contribution in [-0.4, -0.2) is 4.92 Å². The lowest BCUT2D eigenvalue weighted by atomic mass is 9.88. The van der Waals surface area contributed by atoms with E-state index in [0.717, 1.165) is 18.4 Å². The summed E-state index contributed by atoms with van der Waals surface area (Å²) in [4.78, 5) is 10.2. The molecule has 3 rings (SSSR count). The van der Waals surface area contributed by atoms with Crippen molar-refractivity contribution in [2.45, 2.75) is 67.2 Å². The number of fused-ring (bicyclic) bond motifs is 1. The highest BCUT2D eigenvalue weighted by atomic mass is 16.6. The normalized spacial score (nSPS) is 11.7. The van der Waals surface area contributed by atoms with Gasteiger partial charge in [0.05, 0.1) is 4.92 Å². The van der Waals surface area contributed by atoms with Crippen LogP contribution in [0.25, 0.3) is 10.8 Å². The Bertz CT molecular complexity index is 994. The maximum atomic E-state index is 10.6. The standard InChI is InChI=1S/C16H20.C12H17NO2/c1-16(2,3)11-10-13-8-9-14-6-4-5-7-15(14)12-13;1-12(2,3)8-7-10-5-4-6-11(9-10)13(14)15/h4-9,12H,10-11H2,1-3H3;4-6,9H,7-8H2,1-3H3. The molecule has 3 aromatic rings. The largest absolute Gasteiger partial charge is 0.269 e. The molecule has 0 saturated heterocycles. The topological polar surface area (TPSA) is 43.1 Å². The molecule has 0 saturated carbocycles. The number of nitro groups is 1. The SMILES string of the molecule is CC(C)(C)CCc1ccc2ccccc2c1.CC(C)(C)CCc1cccc([N+](=O)[O-])c1. The van der Waals surface area contributed by atoms with Gasteiger partial charge in [-0.3, -0.25) is 10.1 Å². The van der Waals surface area contributed by atoms with Crippen LogP contribution < -0.4 is 0 Å². The van der Waals surface area contributed by atoms with Gasteiger partial charge >= 0.3 is 0 Å². The first-order chi connectivity index (χ1) is 14.4. The Kier molecular flexibility index (Phi) is 8.38. The number of aryl methyl sites for hydroxylation is 2. The number of hydrogen-bond donors (Lipinski definition) is 0. The summed E-state index contributed by atoms with van der Waals surface area (Å²) in [5.74, 6) is 0. The van der Waals surface area contributed by atoms with Crippen LogP contribution in [-0.2, 0) is 12.8 Å². The number of hydrogen-bond acceptors (Lipinski definition) is 2. The molecule has 0 heterocycles. The molecule has 0 aliphatic heterocycles. The molecule has 0 fully saturated rings. The van der Waals surface area contributed by atoms with E-state index in [9.17, 15) is 10.1 Å². The van der Waals surface area contributed by atoms with Crippen molar-refractivity contribution in [3.05, 3.63) is 88.0 Å². The van der Waals surface area contributed by atoms with Crippen LogP contribution in [0.5, 0.6) is 0 Å². The average Bonchev–Trinajstić information content (AvgIpc) is 2.70. The first kappa shape index (κ1) is 24.6. The van der Waals surface area contributed by atoms with E-state index in [2.05, 4.69) is 84.0 Å². The molecule has 3 nitrogen and oxygen atoms in total. The molecule has 0 spiro atoms. The lowest BCUT2D eigenvalue weighted by molar-refractivity contribution is -0.384. The van der Waals surface area contributed by atoms with E-state index in [1.165, 1.54) is 35.2 Å². The fraction of sp³-hybridized carbons (Fsp3) is 0.429. The molecule has 0 aliphatic carbocycles. The zero-order chi connectivity index (χ0) is 23.1. The summed E-state index contributed by atoms with van der Waals surface area (Å²) in [6.07, 6.45) is 4.35. The lowest BCUT2D eigenvalue weighted by Gasteiger charge is -2.17. The maximum absolute atomic E-state index is 10.6. The van der Waals surface area contributed by atoms with Crippen molar-refractivity contribution in [1.82, 2.24) is 0 Å². The number of rotatable bonds is 5. The van der Waals surface area contributed by atoms with E-state index in [0.29, 0.717) is 5.41 Å². The first-order valence-electron chi connectivity index (χ1n) is 11.1. The second-order valence-corrected chi connectivity index (χ2v) is 10.7. The van der Waals surface area contributed by atoms with Crippen LogP contribution in [0.4, 0.5) is 5.69 Å². The molecule has 31 heavy (non-hydrogen) atoms. The molecule has 3 heteroatoms. The molecular weight excluding hydrogens is 382 g/mol. The minimum Gasteiger partial charge on any atom is -0.258 e. The van der Waals surface area contributed by atoms with Crippen molar-refractivity contribution in [3.8, 4) is 0 Å². The molecule has 166 valence electrons. The highest BCUT2D eigenvalue weighted by Gasteiger charge is 2.12. The van der Waals surface area contributed by atoms with Crippen molar-refractivity contribution in [3.63, 3.8) is 0 Å². The minimum atomic E-state index is -0.347. The summed E-state index contributed by atoms with van der Waals surface area (Å²) < 4.78 is 0. The predicted molar refractivity (Wildman–Crippen MR) is 133 cm³/mol. The van der Waals surface area contributed by atoms with Crippen LogP contribution in [0.2, 0.25) is 0 Å². The van der Waals surface area contributed by atoms with Gasteiger partial charge in [-0.25, -0.2) is 0 Å². The Morgan fingerprint density at radius 1 is 0.677 bits per heavy atom. The predicted octanol–water partition coefficient (Wildman–Crippen LogP) is 8.39. The lowest BCUT2D eigenvalue weighted by Crippen LogP contribution is -2.06. The molecule has 3 aromatic carbocycles. The van der Waals surface area contributed by atoms with Crippen molar-refractivity contribution in [2.24, 2.45) is 10.8 Å². The van der Waals surface area contributed by atoms with Gasteiger partial charge in [0.25, 0.3) is 5.69 Å². The van der Waals surface area contributed by atoms with Crippen molar-refractivity contribution >= 4 is 16.5 Å². The van der Waals surface area contributed by atoms with Gasteiger partial charge in [-0.2, -0.15) is 0 Å². The van der Waals surface area contributed by atoms with Gasteiger partial charge in [0.15, 0.2) is 0 Å². The number of non-ortho nitro benzene ring substituents is 1. The third-order valence-corrected chi connectivity index (χ3v) is 5.26. The highest BCUT2D eigenvalue weighted by Crippen LogP contribution is 2.24. The van der Waals surface area contributed by atoms with Crippen molar-refractivity contribution in [2.75, 3.05) is 0 Å². The second-order valence-electron chi connectivity index (χ2n) is 10.7. The number of benzene rings is 3. The number of nitro benzene ring substituents is 1. The Hall–Kier alpha value is -2.68. The van der Waals surface area contributed by atoms with Crippen molar-refractivity contribution < 1.29 is 4.92 Å². The Morgan fingerprint density at radius 3 is 1.77 bits per heavy atom. The first-order valence-corrected chi connectivity index (χ1v) is 11.1. The summed E-state index contributed by atoms with van der Waals surface area (Å²) in [5.41, 5.74) is 3.37. The smallest absolute Gasteiger partial charge is 0.258 e. The van der Waals surface area contributed by atoms with Gasteiger partial charge in [0.1, 0.15) is 0 Å². The molecule has 0 unspecified atom stereocenters. The van der Waals surface area contributed by atoms with Gasteiger partial charge < -0.3 is 0 Å². The summed E-state index contributed by atoms with van der Waals surface area (Å²) in [6, 6.07) is 22.2. The van der Waals surface area contributed by atoms with Crippen LogP contribution in [0, 0.1) is 20.9 Å². The fourth-order valence-corrected chi connectivity index (χ4v) is 3.26. The van der Waals surface area contributed by atoms with Gasteiger partial charge in [-0.15, -0.1) is 0 Å². The minimum absolute atomic E-state index is 0.182. The molecular formula is C28H37NO2. The van der Waals surface area contributed by atoms with Crippen LogP contribution in [0.3, 0.4) is 0 Å². The molecule has 0 amide bonds. The van der Waals surface area contributed by atoms with Crippen LogP contribution >= 0.6 is 0 Å². The van der Waals surface area contributed by atoms with Crippen molar-refractivity contribution in [1.29, 1.82) is 0 Å². The van der Waals surface area contributed by atoms with Gasteiger partial charge in [0.2, 0.25) is 0 Å². The summed E-state index contributed by atoms with van der Waals surface area (Å²) >= 11 is 0. The third-order valence-electron chi connectivity index (χ3n) is 5.26. The zero-order valence-electron chi connectivity index (χ0n) is 19.9. The monoisotopic (exact) mass is 419 g/mol. The Labute approximate surface area is 187 Å². The van der Waals surface area contributed by atoms with E-state index in [4.69, 9.17) is 0 Å². The van der Waals surface area contributed by atoms with Crippen LogP contribution in [0.1, 0.15) is 65.5 Å².